The molecule has 0 saturated carbocycles. The summed E-state index contributed by atoms with van der Waals surface area (Å²) < 4.78 is 10.8. The zero-order valence-corrected chi connectivity index (χ0v) is 18.9. The molecule has 0 bridgehead atoms. The molecular weight excluding hydrogens is 437 g/mol. The van der Waals surface area contributed by atoms with Crippen LogP contribution in [-0.2, 0) is 20.7 Å². The second kappa shape index (κ2) is 10.7. The van der Waals surface area contributed by atoms with Crippen LogP contribution in [0.3, 0.4) is 0 Å². The van der Waals surface area contributed by atoms with Gasteiger partial charge >= 0.3 is 0 Å². The topological polar surface area (TPSA) is 73.3 Å². The number of carbonyl (C=O) groups excluding carboxylic acids is 1. The molecule has 31 heavy (non-hydrogen) atoms. The largest absolute Gasteiger partial charge is 0.381 e. The molecule has 1 N–H and O–H groups in total. The first kappa shape index (κ1) is 22.5. The number of Topliss-reactive ketones (excluding diaryl/α,β-unsaturated/α-hetero) is 1. The van der Waals surface area contributed by atoms with E-state index in [0.29, 0.717) is 46.1 Å². The van der Waals surface area contributed by atoms with E-state index in [9.17, 15) is 4.79 Å². The molecule has 8 heteroatoms. The number of pyridine rings is 2. The molecule has 2 aromatic rings. The van der Waals surface area contributed by atoms with Gasteiger partial charge in [0, 0.05) is 62.8 Å². The van der Waals surface area contributed by atoms with Crippen molar-refractivity contribution in [1.82, 2.24) is 9.97 Å². The van der Waals surface area contributed by atoms with Gasteiger partial charge in [-0.25, -0.2) is 4.98 Å². The number of rotatable bonds is 7. The summed E-state index contributed by atoms with van der Waals surface area (Å²) in [5, 5.41) is 4.37. The van der Waals surface area contributed by atoms with E-state index in [1.165, 1.54) is 0 Å². The van der Waals surface area contributed by atoms with Gasteiger partial charge in [-0.15, -0.1) is 0 Å². The predicted octanol–water partition coefficient (Wildman–Crippen LogP) is 4.83. The van der Waals surface area contributed by atoms with Crippen molar-refractivity contribution in [2.75, 3.05) is 38.3 Å². The van der Waals surface area contributed by atoms with E-state index < -0.39 is 0 Å². The van der Waals surface area contributed by atoms with Crippen LogP contribution in [0, 0.1) is 11.8 Å². The quantitative estimate of drug-likeness (QED) is 0.633. The smallest absolute Gasteiger partial charge is 0.142 e. The Morgan fingerprint density at radius 2 is 1.74 bits per heavy atom. The fourth-order valence-electron chi connectivity index (χ4n) is 4.03. The summed E-state index contributed by atoms with van der Waals surface area (Å²) >= 11 is 12.9. The summed E-state index contributed by atoms with van der Waals surface area (Å²) in [7, 11) is 0. The first-order chi connectivity index (χ1) is 15.1. The Hall–Kier alpha value is -1.73. The lowest BCUT2D eigenvalue weighted by molar-refractivity contribution is -0.125. The Morgan fingerprint density at radius 3 is 2.48 bits per heavy atom. The van der Waals surface area contributed by atoms with Gasteiger partial charge in [0.2, 0.25) is 0 Å². The Labute approximate surface area is 192 Å². The van der Waals surface area contributed by atoms with E-state index in [4.69, 9.17) is 37.7 Å². The Balaban J connectivity index is 1.49. The molecule has 2 saturated heterocycles. The number of aromatic nitrogens is 2. The average molecular weight is 464 g/mol. The summed E-state index contributed by atoms with van der Waals surface area (Å²) in [5.74, 6) is 1.55. The molecule has 0 radical (unpaired) electrons. The fourth-order valence-corrected chi connectivity index (χ4v) is 4.43. The van der Waals surface area contributed by atoms with E-state index in [1.54, 1.807) is 6.20 Å². The summed E-state index contributed by atoms with van der Waals surface area (Å²) in [6.45, 7) is 3.75. The van der Waals surface area contributed by atoms with Gasteiger partial charge in [0.25, 0.3) is 0 Å². The van der Waals surface area contributed by atoms with Gasteiger partial charge in [0.15, 0.2) is 0 Å². The Bertz CT molecular complexity index is 913. The van der Waals surface area contributed by atoms with E-state index in [2.05, 4.69) is 10.3 Å². The molecule has 6 nitrogen and oxygen atoms in total. The molecule has 0 spiro atoms. The highest BCUT2D eigenvalue weighted by Gasteiger charge is 2.23. The first-order valence-electron chi connectivity index (χ1n) is 10.8. The summed E-state index contributed by atoms with van der Waals surface area (Å²) in [5.41, 5.74) is 1.95. The fraction of sp³-hybridized carbons (Fsp3) is 0.522. The molecule has 4 heterocycles. The van der Waals surface area contributed by atoms with Crippen LogP contribution in [0.4, 0.5) is 5.82 Å². The SMILES string of the molecule is O=C(Cc1cc(-c2nc(NCC3CCOCC3)ccc2Cl)c(Cl)cn1)C1CCOCC1. The van der Waals surface area contributed by atoms with Crippen LogP contribution >= 0.6 is 23.2 Å². The maximum atomic E-state index is 12.7. The van der Waals surface area contributed by atoms with Crippen LogP contribution in [0.25, 0.3) is 11.3 Å². The number of hydrogen-bond acceptors (Lipinski definition) is 6. The molecule has 0 amide bonds. The molecule has 166 valence electrons. The lowest BCUT2D eigenvalue weighted by Gasteiger charge is -2.22. The number of halogens is 2. The highest BCUT2D eigenvalue weighted by Crippen LogP contribution is 2.33. The second-order valence-corrected chi connectivity index (χ2v) is 8.96. The number of ketones is 1. The lowest BCUT2D eigenvalue weighted by Crippen LogP contribution is -2.25. The molecule has 0 aromatic carbocycles. The van der Waals surface area contributed by atoms with Crippen LogP contribution in [0.15, 0.2) is 24.4 Å². The van der Waals surface area contributed by atoms with E-state index >= 15 is 0 Å². The molecule has 2 aliphatic heterocycles. The van der Waals surface area contributed by atoms with Gasteiger partial charge in [-0.2, -0.15) is 0 Å². The molecule has 0 unspecified atom stereocenters. The first-order valence-corrected chi connectivity index (χ1v) is 11.6. The minimum atomic E-state index is 0.0362. The second-order valence-electron chi connectivity index (χ2n) is 8.15. The molecule has 2 aliphatic rings. The summed E-state index contributed by atoms with van der Waals surface area (Å²) in [4.78, 5) is 21.7. The number of nitrogens with one attached hydrogen (secondary N) is 1. The molecule has 0 atom stereocenters. The summed E-state index contributed by atoms with van der Waals surface area (Å²) in [6.07, 6.45) is 5.49. The van der Waals surface area contributed by atoms with Crippen molar-refractivity contribution in [3.63, 3.8) is 0 Å². The highest BCUT2D eigenvalue weighted by atomic mass is 35.5. The maximum absolute atomic E-state index is 12.7. The standard InChI is InChI=1S/C23H27Cl2N3O3/c24-19-1-2-22(27-13-15-3-7-30-8-4-15)28-23(19)18-11-17(26-14-20(18)25)12-21(29)16-5-9-31-10-6-16/h1-2,11,14-16H,3-10,12-13H2,(H,27,28). The molecule has 4 rings (SSSR count). The van der Waals surface area contributed by atoms with Crippen molar-refractivity contribution in [2.24, 2.45) is 11.8 Å². The third kappa shape index (κ3) is 5.95. The van der Waals surface area contributed by atoms with E-state index in [0.717, 1.165) is 51.3 Å². The van der Waals surface area contributed by atoms with E-state index in [1.807, 2.05) is 18.2 Å². The molecule has 2 fully saturated rings. The lowest BCUT2D eigenvalue weighted by atomic mass is 9.92. The Kier molecular flexibility index (Phi) is 7.77. The van der Waals surface area contributed by atoms with Gasteiger partial charge in [-0.3, -0.25) is 9.78 Å². The van der Waals surface area contributed by atoms with Crippen molar-refractivity contribution in [3.05, 3.63) is 40.1 Å². The van der Waals surface area contributed by atoms with Crippen molar-refractivity contribution < 1.29 is 14.3 Å². The van der Waals surface area contributed by atoms with Crippen molar-refractivity contribution >= 4 is 34.8 Å². The van der Waals surface area contributed by atoms with Crippen LogP contribution in [0.2, 0.25) is 10.0 Å². The summed E-state index contributed by atoms with van der Waals surface area (Å²) in [6, 6.07) is 5.52. The van der Waals surface area contributed by atoms with Gasteiger partial charge in [0.1, 0.15) is 11.6 Å². The number of anilines is 1. The number of carbonyl (C=O) groups is 1. The average Bonchev–Trinajstić information content (AvgIpc) is 2.81. The third-order valence-electron chi connectivity index (χ3n) is 5.96. The van der Waals surface area contributed by atoms with Crippen LogP contribution in [-0.4, -0.2) is 48.7 Å². The van der Waals surface area contributed by atoms with Gasteiger partial charge in [-0.05, 0) is 49.8 Å². The number of ether oxygens (including phenoxy) is 2. The van der Waals surface area contributed by atoms with Crippen molar-refractivity contribution in [1.29, 1.82) is 0 Å². The zero-order chi connectivity index (χ0) is 21.6. The highest BCUT2D eigenvalue weighted by molar-refractivity contribution is 6.36. The normalized spacial score (nSPS) is 18.1. The predicted molar refractivity (Wildman–Crippen MR) is 122 cm³/mol. The molecular formula is C23H27Cl2N3O3. The van der Waals surface area contributed by atoms with Crippen LogP contribution < -0.4 is 5.32 Å². The van der Waals surface area contributed by atoms with Crippen LogP contribution in [0.5, 0.6) is 0 Å². The van der Waals surface area contributed by atoms with Crippen molar-refractivity contribution in [3.8, 4) is 11.3 Å². The number of hydrogen-bond donors (Lipinski definition) is 1. The maximum Gasteiger partial charge on any atom is 0.142 e. The minimum Gasteiger partial charge on any atom is -0.381 e. The third-order valence-corrected chi connectivity index (χ3v) is 6.56. The van der Waals surface area contributed by atoms with Gasteiger partial charge in [-0.1, -0.05) is 23.2 Å². The minimum absolute atomic E-state index is 0.0362. The van der Waals surface area contributed by atoms with Gasteiger partial charge in [0.05, 0.1) is 15.7 Å². The molecule has 2 aromatic heterocycles. The van der Waals surface area contributed by atoms with Crippen LogP contribution in [0.1, 0.15) is 31.4 Å². The van der Waals surface area contributed by atoms with E-state index in [-0.39, 0.29) is 18.1 Å². The Morgan fingerprint density at radius 1 is 1.03 bits per heavy atom. The zero-order valence-electron chi connectivity index (χ0n) is 17.4. The molecule has 0 aliphatic carbocycles. The number of nitrogens with zero attached hydrogens (tertiary/aromatic N) is 2. The van der Waals surface area contributed by atoms with Crippen molar-refractivity contribution in [2.45, 2.75) is 32.1 Å². The monoisotopic (exact) mass is 463 g/mol. The van der Waals surface area contributed by atoms with Gasteiger partial charge < -0.3 is 14.8 Å².